The van der Waals surface area contributed by atoms with Crippen molar-refractivity contribution in [3.63, 3.8) is 0 Å². The normalized spacial score (nSPS) is 16.7. The van der Waals surface area contributed by atoms with Gasteiger partial charge in [0.2, 0.25) is 0 Å². The lowest BCUT2D eigenvalue weighted by Crippen LogP contribution is -2.30. The average Bonchev–Trinajstić information content (AvgIpc) is 2.87. The summed E-state index contributed by atoms with van der Waals surface area (Å²) in [6.07, 6.45) is 1.54. The zero-order valence-corrected chi connectivity index (χ0v) is 13.3. The van der Waals surface area contributed by atoms with Crippen molar-refractivity contribution in [2.45, 2.75) is 32.6 Å². The van der Waals surface area contributed by atoms with Crippen molar-refractivity contribution < 1.29 is 14.4 Å². The van der Waals surface area contributed by atoms with Crippen molar-refractivity contribution in [3.05, 3.63) is 71.3 Å². The van der Waals surface area contributed by atoms with Crippen LogP contribution in [0.15, 0.2) is 54.6 Å². The molecule has 1 aliphatic heterocycles. The van der Waals surface area contributed by atoms with Gasteiger partial charge >= 0.3 is 0 Å². The van der Waals surface area contributed by atoms with E-state index in [9.17, 15) is 4.79 Å². The van der Waals surface area contributed by atoms with E-state index < -0.39 is 6.23 Å². The third-order valence-corrected chi connectivity index (χ3v) is 3.86. The Bertz CT molecular complexity index is 657. The Labute approximate surface area is 136 Å². The van der Waals surface area contributed by atoms with Crippen molar-refractivity contribution in [1.29, 1.82) is 0 Å². The van der Waals surface area contributed by atoms with E-state index in [2.05, 4.69) is 6.92 Å². The first-order valence-corrected chi connectivity index (χ1v) is 8.02. The molecule has 2 aromatic carbocycles. The first-order chi connectivity index (χ1) is 11.3. The van der Waals surface area contributed by atoms with Crippen LogP contribution in [0.2, 0.25) is 0 Å². The fourth-order valence-corrected chi connectivity index (χ4v) is 2.60. The number of carbonyl (C=O) groups is 1. The van der Waals surface area contributed by atoms with Crippen LogP contribution in [0.3, 0.4) is 0 Å². The monoisotopic (exact) mass is 311 g/mol. The van der Waals surface area contributed by atoms with Gasteiger partial charge in [0.1, 0.15) is 6.61 Å². The summed E-state index contributed by atoms with van der Waals surface area (Å²) in [6.45, 7) is 3.06. The summed E-state index contributed by atoms with van der Waals surface area (Å²) in [5.41, 5.74) is 2.55. The smallest absolute Gasteiger partial charge is 0.280 e. The van der Waals surface area contributed by atoms with Crippen molar-refractivity contribution in [2.75, 3.05) is 6.61 Å². The molecule has 23 heavy (non-hydrogen) atoms. The molecule has 1 amide bonds. The molecular weight excluding hydrogens is 290 g/mol. The summed E-state index contributed by atoms with van der Waals surface area (Å²) in [4.78, 5) is 18.4. The third-order valence-electron chi connectivity index (χ3n) is 3.86. The molecule has 1 atom stereocenters. The Hall–Kier alpha value is -2.17. The number of hydroxylamine groups is 2. The quantitative estimate of drug-likeness (QED) is 0.723. The Morgan fingerprint density at radius 1 is 1.04 bits per heavy atom. The lowest BCUT2D eigenvalue weighted by atomic mass is 10.1. The zero-order chi connectivity index (χ0) is 16.1. The average molecular weight is 311 g/mol. The molecular formula is C19H21NO3. The fourth-order valence-electron chi connectivity index (χ4n) is 2.60. The highest BCUT2D eigenvalue weighted by molar-refractivity contribution is 5.98. The maximum atomic E-state index is 12.6. The van der Waals surface area contributed by atoms with Crippen molar-refractivity contribution in [2.24, 2.45) is 0 Å². The SMILES string of the molecule is CCCCOC1c2ccccc2C(=O)N1OCc1ccccc1. The summed E-state index contributed by atoms with van der Waals surface area (Å²) in [5, 5.41) is 1.37. The number of unbranched alkanes of at least 4 members (excludes halogenated alkanes) is 1. The Morgan fingerprint density at radius 2 is 1.78 bits per heavy atom. The fraction of sp³-hybridized carbons (Fsp3) is 0.316. The van der Waals surface area contributed by atoms with E-state index in [1.165, 1.54) is 5.06 Å². The van der Waals surface area contributed by atoms with Gasteiger partial charge in [-0.15, -0.1) is 0 Å². The minimum absolute atomic E-state index is 0.141. The number of fused-ring (bicyclic) bond motifs is 1. The van der Waals surface area contributed by atoms with E-state index in [0.717, 1.165) is 24.0 Å². The van der Waals surface area contributed by atoms with E-state index in [1.807, 2.05) is 54.6 Å². The molecule has 4 heteroatoms. The maximum Gasteiger partial charge on any atom is 0.280 e. The minimum Gasteiger partial charge on any atom is -0.352 e. The van der Waals surface area contributed by atoms with Crippen molar-refractivity contribution in [1.82, 2.24) is 5.06 Å². The molecule has 0 aromatic heterocycles. The number of amides is 1. The van der Waals surface area contributed by atoms with Crippen LogP contribution in [-0.4, -0.2) is 17.6 Å². The van der Waals surface area contributed by atoms with Gasteiger partial charge in [-0.25, -0.2) is 0 Å². The van der Waals surface area contributed by atoms with Gasteiger partial charge < -0.3 is 4.74 Å². The molecule has 1 aliphatic rings. The predicted molar refractivity (Wildman–Crippen MR) is 87.4 cm³/mol. The first kappa shape index (κ1) is 15.7. The Morgan fingerprint density at radius 3 is 2.57 bits per heavy atom. The summed E-state index contributed by atoms with van der Waals surface area (Å²) in [5.74, 6) is -0.141. The zero-order valence-electron chi connectivity index (χ0n) is 13.3. The molecule has 0 saturated carbocycles. The van der Waals surface area contributed by atoms with E-state index in [4.69, 9.17) is 9.57 Å². The van der Waals surface area contributed by atoms with Gasteiger partial charge in [0.25, 0.3) is 5.91 Å². The molecule has 1 heterocycles. The highest BCUT2D eigenvalue weighted by Gasteiger charge is 2.38. The van der Waals surface area contributed by atoms with Gasteiger partial charge in [0.05, 0.1) is 0 Å². The van der Waals surface area contributed by atoms with Crippen LogP contribution in [0.1, 0.15) is 47.5 Å². The third kappa shape index (κ3) is 3.44. The van der Waals surface area contributed by atoms with Crippen LogP contribution in [0, 0.1) is 0 Å². The predicted octanol–water partition coefficient (Wildman–Crippen LogP) is 4.09. The number of ether oxygens (including phenoxy) is 1. The molecule has 0 radical (unpaired) electrons. The second-order valence-electron chi connectivity index (χ2n) is 5.55. The largest absolute Gasteiger partial charge is 0.352 e. The van der Waals surface area contributed by atoms with E-state index >= 15 is 0 Å². The maximum absolute atomic E-state index is 12.6. The molecule has 1 unspecified atom stereocenters. The number of nitrogens with zero attached hydrogens (tertiary/aromatic N) is 1. The minimum atomic E-state index is -0.464. The molecule has 0 spiro atoms. The Kier molecular flexibility index (Phi) is 5.05. The number of carbonyl (C=O) groups excluding carboxylic acids is 1. The lowest BCUT2D eigenvalue weighted by Gasteiger charge is -2.24. The van der Waals surface area contributed by atoms with Gasteiger partial charge in [-0.3, -0.25) is 9.63 Å². The van der Waals surface area contributed by atoms with Crippen molar-refractivity contribution >= 4 is 5.91 Å². The van der Waals surface area contributed by atoms with Crippen LogP contribution in [0.4, 0.5) is 0 Å². The number of hydrogen-bond donors (Lipinski definition) is 0. The van der Waals surface area contributed by atoms with Crippen LogP contribution in [-0.2, 0) is 16.2 Å². The van der Waals surface area contributed by atoms with Crippen LogP contribution in [0.25, 0.3) is 0 Å². The van der Waals surface area contributed by atoms with Gasteiger partial charge in [0.15, 0.2) is 6.23 Å². The molecule has 0 aliphatic carbocycles. The number of benzene rings is 2. The topological polar surface area (TPSA) is 38.8 Å². The van der Waals surface area contributed by atoms with Gasteiger partial charge in [-0.2, -0.15) is 5.06 Å². The highest BCUT2D eigenvalue weighted by atomic mass is 16.7. The van der Waals surface area contributed by atoms with Crippen LogP contribution < -0.4 is 0 Å². The second-order valence-corrected chi connectivity index (χ2v) is 5.55. The molecule has 120 valence electrons. The molecule has 0 N–H and O–H groups in total. The molecule has 0 saturated heterocycles. The molecule has 0 fully saturated rings. The van der Waals surface area contributed by atoms with Crippen LogP contribution >= 0.6 is 0 Å². The van der Waals surface area contributed by atoms with Gasteiger partial charge in [0, 0.05) is 17.7 Å². The summed E-state index contributed by atoms with van der Waals surface area (Å²) >= 11 is 0. The number of hydrogen-bond acceptors (Lipinski definition) is 3. The summed E-state index contributed by atoms with van der Waals surface area (Å²) in [6, 6.07) is 17.3. The lowest BCUT2D eigenvalue weighted by molar-refractivity contribution is -0.223. The summed E-state index contributed by atoms with van der Waals surface area (Å²) < 4.78 is 5.92. The van der Waals surface area contributed by atoms with E-state index in [0.29, 0.717) is 18.8 Å². The van der Waals surface area contributed by atoms with E-state index in [-0.39, 0.29) is 5.91 Å². The molecule has 2 aromatic rings. The summed E-state index contributed by atoms with van der Waals surface area (Å²) in [7, 11) is 0. The van der Waals surface area contributed by atoms with Crippen LogP contribution in [0.5, 0.6) is 0 Å². The molecule has 3 rings (SSSR count). The highest BCUT2D eigenvalue weighted by Crippen LogP contribution is 2.35. The van der Waals surface area contributed by atoms with Crippen molar-refractivity contribution in [3.8, 4) is 0 Å². The second kappa shape index (κ2) is 7.40. The van der Waals surface area contributed by atoms with E-state index in [1.54, 1.807) is 0 Å². The molecule has 0 bridgehead atoms. The number of rotatable bonds is 7. The Balaban J connectivity index is 1.75. The van der Waals surface area contributed by atoms with Gasteiger partial charge in [-0.05, 0) is 18.1 Å². The van der Waals surface area contributed by atoms with Gasteiger partial charge in [-0.1, -0.05) is 61.9 Å². The first-order valence-electron chi connectivity index (χ1n) is 8.02. The standard InChI is InChI=1S/C19H21NO3/c1-2-3-13-22-19-17-12-8-7-11-16(17)18(21)20(19)23-14-15-9-5-4-6-10-15/h4-12,19H,2-3,13-14H2,1H3. The molecule has 4 nitrogen and oxygen atoms in total.